The first kappa shape index (κ1) is 13.6. The molecule has 1 aromatic carbocycles. The number of hydrogen-bond acceptors (Lipinski definition) is 3. The van der Waals surface area contributed by atoms with Crippen LogP contribution in [-0.2, 0) is 16.4 Å². The molecule has 1 N–H and O–H groups in total. The van der Waals surface area contributed by atoms with E-state index in [2.05, 4.69) is 37.4 Å². The Morgan fingerprint density at radius 2 is 1.89 bits per heavy atom. The smallest absolute Gasteiger partial charge is 0.151 e. The van der Waals surface area contributed by atoms with Gasteiger partial charge >= 0.3 is 0 Å². The fraction of sp³-hybridized carbons (Fsp3) is 0.571. The molecule has 0 aliphatic carbocycles. The van der Waals surface area contributed by atoms with Crippen molar-refractivity contribution in [2.24, 2.45) is 0 Å². The molecule has 0 spiro atoms. The third kappa shape index (κ3) is 3.82. The Labute approximate surface area is 110 Å². The summed E-state index contributed by atoms with van der Waals surface area (Å²) < 4.78 is 23.1. The Kier molecular flexibility index (Phi) is 4.07. The summed E-state index contributed by atoms with van der Waals surface area (Å²) in [7, 11) is -2.82. The highest BCUT2D eigenvalue weighted by Gasteiger charge is 2.24. The average molecular weight is 267 g/mol. The zero-order valence-electron chi connectivity index (χ0n) is 11.1. The van der Waals surface area contributed by atoms with Crippen LogP contribution in [-0.4, -0.2) is 26.0 Å². The molecule has 4 heteroatoms. The van der Waals surface area contributed by atoms with Gasteiger partial charge in [-0.15, -0.1) is 0 Å². The number of hydrogen-bond donors (Lipinski definition) is 1. The van der Waals surface area contributed by atoms with E-state index in [9.17, 15) is 8.42 Å². The summed E-state index contributed by atoms with van der Waals surface area (Å²) in [5, 5.41) is 3.37. The van der Waals surface area contributed by atoms with Crippen molar-refractivity contribution in [3.05, 3.63) is 34.9 Å². The molecule has 1 atom stereocenters. The Hall–Kier alpha value is -0.870. The van der Waals surface area contributed by atoms with Gasteiger partial charge in [-0.3, -0.25) is 0 Å². The molecule has 3 nitrogen and oxygen atoms in total. The Bertz CT molecular complexity index is 502. The van der Waals surface area contributed by atoms with Gasteiger partial charge in [0, 0.05) is 12.6 Å². The molecule has 0 bridgehead atoms. The van der Waals surface area contributed by atoms with Crippen LogP contribution in [0.4, 0.5) is 0 Å². The van der Waals surface area contributed by atoms with Gasteiger partial charge < -0.3 is 5.32 Å². The summed E-state index contributed by atoms with van der Waals surface area (Å²) in [6.45, 7) is 4.92. The minimum absolute atomic E-state index is 0.115. The van der Waals surface area contributed by atoms with Crippen molar-refractivity contribution in [1.29, 1.82) is 0 Å². The van der Waals surface area contributed by atoms with Gasteiger partial charge in [0.25, 0.3) is 0 Å². The topological polar surface area (TPSA) is 46.2 Å². The number of sulfone groups is 1. The summed E-state index contributed by atoms with van der Waals surface area (Å²) in [5.74, 6) is 0.645. The molecule has 1 fully saturated rings. The van der Waals surface area contributed by atoms with E-state index in [1.54, 1.807) is 0 Å². The standard InChI is InChI=1S/C14H21NO2S/c1-11-6-12(2)8-13(7-11)9-15-14-4-3-5-18(16,17)10-14/h6-8,14-15H,3-5,9-10H2,1-2H3. The molecule has 1 aliphatic heterocycles. The SMILES string of the molecule is Cc1cc(C)cc(CNC2CCCS(=O)(=O)C2)c1. The lowest BCUT2D eigenvalue weighted by Gasteiger charge is -2.23. The second-order valence-corrected chi connectivity index (χ2v) is 7.56. The third-order valence-electron chi connectivity index (χ3n) is 3.34. The molecule has 0 saturated carbocycles. The molecular formula is C14H21NO2S. The first-order valence-electron chi connectivity index (χ1n) is 6.46. The highest BCUT2D eigenvalue weighted by molar-refractivity contribution is 7.91. The lowest BCUT2D eigenvalue weighted by Crippen LogP contribution is -2.39. The van der Waals surface area contributed by atoms with Crippen molar-refractivity contribution in [2.45, 2.75) is 39.3 Å². The van der Waals surface area contributed by atoms with Gasteiger partial charge in [-0.2, -0.15) is 0 Å². The predicted molar refractivity (Wildman–Crippen MR) is 74.4 cm³/mol. The van der Waals surface area contributed by atoms with Crippen LogP contribution in [0.1, 0.15) is 29.5 Å². The van der Waals surface area contributed by atoms with E-state index in [1.165, 1.54) is 16.7 Å². The molecule has 1 heterocycles. The van der Waals surface area contributed by atoms with Crippen LogP contribution < -0.4 is 5.32 Å². The van der Waals surface area contributed by atoms with Crippen molar-refractivity contribution in [2.75, 3.05) is 11.5 Å². The van der Waals surface area contributed by atoms with Crippen molar-refractivity contribution in [3.8, 4) is 0 Å². The van der Waals surface area contributed by atoms with E-state index < -0.39 is 9.84 Å². The van der Waals surface area contributed by atoms with E-state index in [4.69, 9.17) is 0 Å². The van der Waals surface area contributed by atoms with Crippen molar-refractivity contribution < 1.29 is 8.42 Å². The van der Waals surface area contributed by atoms with E-state index in [1.807, 2.05) is 0 Å². The molecule has 0 amide bonds. The van der Waals surface area contributed by atoms with Crippen molar-refractivity contribution in [1.82, 2.24) is 5.32 Å². The minimum Gasteiger partial charge on any atom is -0.309 e. The summed E-state index contributed by atoms with van der Waals surface area (Å²) in [6.07, 6.45) is 1.75. The van der Waals surface area contributed by atoms with E-state index in [-0.39, 0.29) is 11.8 Å². The first-order valence-corrected chi connectivity index (χ1v) is 8.28. The van der Waals surface area contributed by atoms with Gasteiger partial charge in [-0.25, -0.2) is 8.42 Å². The van der Waals surface area contributed by atoms with Crippen molar-refractivity contribution >= 4 is 9.84 Å². The summed E-state index contributed by atoms with van der Waals surface area (Å²) in [5.41, 5.74) is 3.74. The first-order chi connectivity index (χ1) is 8.44. The molecule has 1 saturated heterocycles. The van der Waals surface area contributed by atoms with Crippen LogP contribution in [0.3, 0.4) is 0 Å². The maximum atomic E-state index is 11.5. The molecule has 0 radical (unpaired) electrons. The molecule has 1 aromatic rings. The van der Waals surface area contributed by atoms with Crippen LogP contribution in [0.15, 0.2) is 18.2 Å². The zero-order valence-corrected chi connectivity index (χ0v) is 11.9. The van der Waals surface area contributed by atoms with E-state index in [0.29, 0.717) is 5.75 Å². The molecule has 0 aromatic heterocycles. The largest absolute Gasteiger partial charge is 0.309 e. The molecular weight excluding hydrogens is 246 g/mol. The fourth-order valence-electron chi connectivity index (χ4n) is 2.62. The second kappa shape index (κ2) is 5.41. The Morgan fingerprint density at radius 3 is 2.50 bits per heavy atom. The number of aryl methyl sites for hydroxylation is 2. The summed E-state index contributed by atoms with van der Waals surface area (Å²) in [4.78, 5) is 0. The van der Waals surface area contributed by atoms with E-state index in [0.717, 1.165) is 19.4 Å². The van der Waals surface area contributed by atoms with E-state index >= 15 is 0 Å². The van der Waals surface area contributed by atoms with Gasteiger partial charge in [0.05, 0.1) is 11.5 Å². The maximum absolute atomic E-state index is 11.5. The lowest BCUT2D eigenvalue weighted by atomic mass is 10.1. The van der Waals surface area contributed by atoms with Gasteiger partial charge in [0.1, 0.15) is 0 Å². The maximum Gasteiger partial charge on any atom is 0.151 e. The monoisotopic (exact) mass is 267 g/mol. The zero-order chi connectivity index (χ0) is 13.2. The average Bonchev–Trinajstić information content (AvgIpc) is 2.24. The number of rotatable bonds is 3. The highest BCUT2D eigenvalue weighted by Crippen LogP contribution is 2.14. The second-order valence-electron chi connectivity index (χ2n) is 5.33. The molecule has 1 unspecified atom stereocenters. The van der Waals surface area contributed by atoms with Gasteiger partial charge in [0.15, 0.2) is 9.84 Å². The van der Waals surface area contributed by atoms with Crippen LogP contribution >= 0.6 is 0 Å². The molecule has 2 rings (SSSR count). The summed E-state index contributed by atoms with van der Waals surface area (Å²) >= 11 is 0. The number of nitrogens with one attached hydrogen (secondary N) is 1. The highest BCUT2D eigenvalue weighted by atomic mass is 32.2. The quantitative estimate of drug-likeness (QED) is 0.911. The van der Waals surface area contributed by atoms with Gasteiger partial charge in [0.2, 0.25) is 0 Å². The Morgan fingerprint density at radius 1 is 1.22 bits per heavy atom. The van der Waals surface area contributed by atoms with Crippen LogP contribution in [0.25, 0.3) is 0 Å². The molecule has 18 heavy (non-hydrogen) atoms. The normalized spacial score (nSPS) is 22.9. The van der Waals surface area contributed by atoms with Crippen molar-refractivity contribution in [3.63, 3.8) is 0 Å². The van der Waals surface area contributed by atoms with Crippen LogP contribution in [0.2, 0.25) is 0 Å². The lowest BCUT2D eigenvalue weighted by molar-refractivity contribution is 0.480. The molecule has 100 valence electrons. The Balaban J connectivity index is 1.95. The molecule has 1 aliphatic rings. The van der Waals surface area contributed by atoms with Gasteiger partial charge in [-0.05, 0) is 32.3 Å². The van der Waals surface area contributed by atoms with Gasteiger partial charge in [-0.1, -0.05) is 29.3 Å². The minimum atomic E-state index is -2.82. The third-order valence-corrected chi connectivity index (χ3v) is 5.16. The predicted octanol–water partition coefficient (Wildman–Crippen LogP) is 1.97. The van der Waals surface area contributed by atoms with Crippen LogP contribution in [0.5, 0.6) is 0 Å². The number of benzene rings is 1. The van der Waals surface area contributed by atoms with Crippen LogP contribution in [0, 0.1) is 13.8 Å². The summed E-state index contributed by atoms with van der Waals surface area (Å²) in [6, 6.07) is 6.56. The fourth-order valence-corrected chi connectivity index (χ4v) is 4.29.